The zero-order chi connectivity index (χ0) is 21.5. The van der Waals surface area contributed by atoms with Crippen LogP contribution in [0.15, 0.2) is 30.3 Å². The molecule has 0 amide bonds. The molecule has 2 aromatic carbocycles. The molecule has 1 fully saturated rings. The van der Waals surface area contributed by atoms with Crippen LogP contribution in [0.4, 0.5) is 13.2 Å². The van der Waals surface area contributed by atoms with Gasteiger partial charge in [0.25, 0.3) is 0 Å². The van der Waals surface area contributed by atoms with E-state index in [4.69, 9.17) is 9.47 Å². The standard InChI is InChI=1S/C25H31F3O2/c1-3-5-6-14-29-23-13-12-21(24(27)25(23)28)20-11-9-17(15-22(20)26)18-8-10-19(7-4-2)30-16-18/h9,11-13,15,18-19H,3-8,10,14,16H2,1-2H3. The lowest BCUT2D eigenvalue weighted by atomic mass is 9.89. The Labute approximate surface area is 177 Å². The van der Waals surface area contributed by atoms with Gasteiger partial charge in [-0.25, -0.2) is 8.78 Å². The van der Waals surface area contributed by atoms with Crippen LogP contribution in [0.3, 0.4) is 0 Å². The molecule has 3 rings (SSSR count). The van der Waals surface area contributed by atoms with Gasteiger partial charge in [0.05, 0.1) is 19.3 Å². The Kier molecular flexibility index (Phi) is 8.20. The van der Waals surface area contributed by atoms with Gasteiger partial charge in [-0.05, 0) is 49.4 Å². The Bertz CT molecular complexity index is 829. The van der Waals surface area contributed by atoms with Crippen LogP contribution >= 0.6 is 0 Å². The maximum absolute atomic E-state index is 14.8. The summed E-state index contributed by atoms with van der Waals surface area (Å²) in [6.45, 7) is 5.08. The highest BCUT2D eigenvalue weighted by atomic mass is 19.2. The molecule has 0 N–H and O–H groups in total. The SMILES string of the molecule is CCCCCOc1ccc(-c2ccc(C3CCC(CCC)OC3)cc2F)c(F)c1F. The van der Waals surface area contributed by atoms with Gasteiger partial charge < -0.3 is 9.47 Å². The number of ether oxygens (including phenoxy) is 2. The van der Waals surface area contributed by atoms with E-state index in [2.05, 4.69) is 13.8 Å². The Balaban J connectivity index is 1.73. The highest BCUT2D eigenvalue weighted by molar-refractivity contribution is 5.66. The van der Waals surface area contributed by atoms with Crippen LogP contribution in [-0.4, -0.2) is 19.3 Å². The summed E-state index contributed by atoms with van der Waals surface area (Å²) in [6.07, 6.45) is 7.07. The van der Waals surface area contributed by atoms with Gasteiger partial charge in [-0.2, -0.15) is 4.39 Å². The normalized spacial score (nSPS) is 19.1. The molecule has 0 bridgehead atoms. The van der Waals surface area contributed by atoms with Crippen molar-refractivity contribution < 1.29 is 22.6 Å². The van der Waals surface area contributed by atoms with E-state index in [9.17, 15) is 13.2 Å². The molecule has 0 aliphatic carbocycles. The first-order chi connectivity index (χ1) is 14.5. The topological polar surface area (TPSA) is 18.5 Å². The van der Waals surface area contributed by atoms with E-state index in [-0.39, 0.29) is 28.9 Å². The molecule has 0 spiro atoms. The average Bonchev–Trinajstić information content (AvgIpc) is 2.75. The Morgan fingerprint density at radius 3 is 2.40 bits per heavy atom. The van der Waals surface area contributed by atoms with Crippen molar-refractivity contribution in [1.29, 1.82) is 0 Å². The number of hydrogen-bond acceptors (Lipinski definition) is 2. The van der Waals surface area contributed by atoms with Gasteiger partial charge in [0.2, 0.25) is 5.82 Å². The van der Waals surface area contributed by atoms with Gasteiger partial charge in [-0.3, -0.25) is 0 Å². The first kappa shape index (κ1) is 22.7. The molecule has 1 aliphatic heterocycles. The lowest BCUT2D eigenvalue weighted by molar-refractivity contribution is -0.00115. The number of rotatable bonds is 9. The molecular formula is C25H31F3O2. The minimum absolute atomic E-state index is 0.0493. The highest BCUT2D eigenvalue weighted by Gasteiger charge is 2.24. The second-order valence-electron chi connectivity index (χ2n) is 8.05. The van der Waals surface area contributed by atoms with Crippen molar-refractivity contribution in [2.45, 2.75) is 70.8 Å². The van der Waals surface area contributed by atoms with Crippen LogP contribution in [0.2, 0.25) is 0 Å². The quantitative estimate of drug-likeness (QED) is 0.393. The van der Waals surface area contributed by atoms with E-state index in [1.807, 2.05) is 0 Å². The summed E-state index contributed by atoms with van der Waals surface area (Å²) in [5, 5.41) is 0. The molecule has 1 heterocycles. The summed E-state index contributed by atoms with van der Waals surface area (Å²) in [7, 11) is 0. The molecule has 1 aliphatic rings. The number of hydrogen-bond donors (Lipinski definition) is 0. The van der Waals surface area contributed by atoms with E-state index in [0.29, 0.717) is 13.2 Å². The number of benzene rings is 2. The fraction of sp³-hybridized carbons (Fsp3) is 0.520. The predicted molar refractivity (Wildman–Crippen MR) is 113 cm³/mol. The van der Waals surface area contributed by atoms with Gasteiger partial charge in [-0.1, -0.05) is 45.2 Å². The van der Waals surface area contributed by atoms with E-state index in [1.165, 1.54) is 24.3 Å². The van der Waals surface area contributed by atoms with E-state index in [0.717, 1.165) is 50.5 Å². The molecule has 0 radical (unpaired) electrons. The third-order valence-electron chi connectivity index (χ3n) is 5.79. The molecule has 1 saturated heterocycles. The van der Waals surface area contributed by atoms with Crippen molar-refractivity contribution in [3.63, 3.8) is 0 Å². The van der Waals surface area contributed by atoms with Crippen molar-refractivity contribution in [2.75, 3.05) is 13.2 Å². The second kappa shape index (κ2) is 10.9. The molecule has 0 aromatic heterocycles. The van der Waals surface area contributed by atoms with Crippen LogP contribution in [0.1, 0.15) is 70.3 Å². The molecule has 30 heavy (non-hydrogen) atoms. The third-order valence-corrected chi connectivity index (χ3v) is 5.79. The molecular weight excluding hydrogens is 389 g/mol. The zero-order valence-electron chi connectivity index (χ0n) is 17.9. The minimum Gasteiger partial charge on any atom is -0.490 e. The summed E-state index contributed by atoms with van der Waals surface area (Å²) in [4.78, 5) is 0. The molecule has 2 unspecified atom stereocenters. The van der Waals surface area contributed by atoms with Crippen LogP contribution < -0.4 is 4.74 Å². The van der Waals surface area contributed by atoms with Gasteiger partial charge in [-0.15, -0.1) is 0 Å². The largest absolute Gasteiger partial charge is 0.490 e. The third kappa shape index (κ3) is 5.37. The predicted octanol–water partition coefficient (Wildman–Crippen LogP) is 7.40. The van der Waals surface area contributed by atoms with Crippen molar-refractivity contribution >= 4 is 0 Å². The highest BCUT2D eigenvalue weighted by Crippen LogP contribution is 2.35. The minimum atomic E-state index is -1.09. The van der Waals surface area contributed by atoms with Gasteiger partial charge >= 0.3 is 0 Å². The van der Waals surface area contributed by atoms with Gasteiger partial charge in [0, 0.05) is 17.0 Å². The average molecular weight is 421 g/mol. The summed E-state index contributed by atoms with van der Waals surface area (Å²) in [5.74, 6) is -2.72. The maximum atomic E-state index is 14.8. The Morgan fingerprint density at radius 1 is 0.933 bits per heavy atom. The monoisotopic (exact) mass is 420 g/mol. The summed E-state index contributed by atoms with van der Waals surface area (Å²) >= 11 is 0. The number of halogens is 3. The van der Waals surface area contributed by atoms with E-state index >= 15 is 0 Å². The first-order valence-corrected chi connectivity index (χ1v) is 11.1. The van der Waals surface area contributed by atoms with Crippen LogP contribution in [0.5, 0.6) is 5.75 Å². The van der Waals surface area contributed by atoms with Crippen molar-refractivity contribution in [3.8, 4) is 16.9 Å². The molecule has 2 atom stereocenters. The van der Waals surface area contributed by atoms with Crippen molar-refractivity contribution in [3.05, 3.63) is 53.3 Å². The van der Waals surface area contributed by atoms with E-state index in [1.54, 1.807) is 6.07 Å². The van der Waals surface area contributed by atoms with Crippen molar-refractivity contribution in [2.24, 2.45) is 0 Å². The van der Waals surface area contributed by atoms with E-state index < -0.39 is 17.5 Å². The maximum Gasteiger partial charge on any atom is 0.201 e. The fourth-order valence-electron chi connectivity index (χ4n) is 4.01. The molecule has 2 aromatic rings. The number of unbranched alkanes of at least 4 members (excludes halogenated alkanes) is 2. The summed E-state index contributed by atoms with van der Waals surface area (Å²) in [5.41, 5.74) is 0.789. The lowest BCUT2D eigenvalue weighted by Gasteiger charge is -2.29. The van der Waals surface area contributed by atoms with Gasteiger partial charge in [0.1, 0.15) is 5.82 Å². The smallest absolute Gasteiger partial charge is 0.201 e. The second-order valence-corrected chi connectivity index (χ2v) is 8.05. The fourth-order valence-corrected chi connectivity index (χ4v) is 4.01. The summed E-state index contributed by atoms with van der Waals surface area (Å²) < 4.78 is 55.1. The summed E-state index contributed by atoms with van der Waals surface area (Å²) in [6, 6.07) is 7.50. The van der Waals surface area contributed by atoms with Crippen LogP contribution in [0, 0.1) is 17.5 Å². The molecule has 0 saturated carbocycles. The van der Waals surface area contributed by atoms with Crippen molar-refractivity contribution in [1.82, 2.24) is 0 Å². The zero-order valence-corrected chi connectivity index (χ0v) is 17.9. The van der Waals surface area contributed by atoms with Crippen LogP contribution in [-0.2, 0) is 4.74 Å². The molecule has 2 nitrogen and oxygen atoms in total. The molecule has 164 valence electrons. The Hall–Kier alpha value is -2.01. The lowest BCUT2D eigenvalue weighted by Crippen LogP contribution is -2.24. The van der Waals surface area contributed by atoms with Crippen LogP contribution in [0.25, 0.3) is 11.1 Å². The Morgan fingerprint density at radius 2 is 1.73 bits per heavy atom. The first-order valence-electron chi connectivity index (χ1n) is 11.1. The molecule has 5 heteroatoms. The van der Waals surface area contributed by atoms with Gasteiger partial charge in [0.15, 0.2) is 11.6 Å².